The van der Waals surface area contributed by atoms with Gasteiger partial charge in [0.2, 0.25) is 0 Å². The Kier molecular flexibility index (Phi) is 24.2. The van der Waals surface area contributed by atoms with Crippen LogP contribution in [-0.2, 0) is 0 Å². The SMILES string of the molecule is c1ccc(-c2cc(-c3ccccc3)cc(-c3ccc(-c4cc(-c5ccc6c(c5)oc5ccccc56)nc(-c5ccccc5)n4)cc3)c2)cc1.c1ccc(-c2cc(-c3ccccc3)cc(-c3ccc(-c4cc(-c5ccc6c(c5)sc5ccccc56)nc(-c5ccccc5)n4)cc3)c2)cc1.c1ccc(-c2cc(-c3ccccc3)cc(-c3ccc(-c4nc(-c5ccccc5)cc(-c5ccc6c(c5)oc5ccccc56)n4)cc3)c2)cc1. The molecule has 8 nitrogen and oxygen atoms in total. The largest absolute Gasteiger partial charge is 0.456 e. The predicted molar refractivity (Wildman–Crippen MR) is 611 cm³/mol. The Morgan fingerprint density at radius 1 is 0.116 bits per heavy atom. The van der Waals surface area contributed by atoms with Crippen molar-refractivity contribution in [1.82, 2.24) is 29.9 Å². The second kappa shape index (κ2) is 40.0. The van der Waals surface area contributed by atoms with Crippen LogP contribution in [-0.4, -0.2) is 29.9 Å². The first-order valence-electron chi connectivity index (χ1n) is 49.4. The summed E-state index contributed by atoms with van der Waals surface area (Å²) in [5, 5.41) is 7.00. The molecular formula is C138H90N6O2S. The molecule has 0 saturated carbocycles. The van der Waals surface area contributed by atoms with Gasteiger partial charge in [-0.15, -0.1) is 11.3 Å². The minimum absolute atomic E-state index is 0.676. The van der Waals surface area contributed by atoms with Crippen LogP contribution in [0.25, 0.3) is 266 Å². The smallest absolute Gasteiger partial charge is 0.160 e. The van der Waals surface area contributed by atoms with Crippen LogP contribution in [0.15, 0.2) is 555 Å². The summed E-state index contributed by atoms with van der Waals surface area (Å²) < 4.78 is 15.0. The Balaban J connectivity index is 0.000000115. The average molecular weight is 1900 g/mol. The highest BCUT2D eigenvalue weighted by atomic mass is 32.1. The van der Waals surface area contributed by atoms with Gasteiger partial charge in [-0.05, 0) is 221 Å². The summed E-state index contributed by atoms with van der Waals surface area (Å²) in [6.45, 7) is 0. The van der Waals surface area contributed by atoms with Gasteiger partial charge < -0.3 is 8.83 Å². The maximum atomic E-state index is 6.23. The van der Waals surface area contributed by atoms with Crippen molar-refractivity contribution in [3.63, 3.8) is 0 Å². The van der Waals surface area contributed by atoms with E-state index in [2.05, 4.69) is 455 Å². The molecule has 0 aliphatic rings. The lowest BCUT2D eigenvalue weighted by Gasteiger charge is -2.12. The Labute approximate surface area is 855 Å². The first-order valence-corrected chi connectivity index (χ1v) is 50.3. The number of hydrogen-bond acceptors (Lipinski definition) is 9. The van der Waals surface area contributed by atoms with Crippen LogP contribution in [0.5, 0.6) is 0 Å². The van der Waals surface area contributed by atoms with Crippen molar-refractivity contribution in [3.05, 3.63) is 546 Å². The van der Waals surface area contributed by atoms with E-state index in [0.29, 0.717) is 11.6 Å². The van der Waals surface area contributed by atoms with Gasteiger partial charge in [-0.3, -0.25) is 0 Å². The highest BCUT2D eigenvalue weighted by Crippen LogP contribution is 2.44. The third-order valence-corrected chi connectivity index (χ3v) is 28.4. The lowest BCUT2D eigenvalue weighted by molar-refractivity contribution is 0.668. The normalized spacial score (nSPS) is 11.3. The van der Waals surface area contributed by atoms with Gasteiger partial charge in [-0.25, -0.2) is 29.9 Å². The van der Waals surface area contributed by atoms with Gasteiger partial charge in [-0.2, -0.15) is 0 Å². The van der Waals surface area contributed by atoms with Crippen LogP contribution in [0.2, 0.25) is 0 Å². The molecule has 27 aromatic rings. The number of thiophene rings is 1. The van der Waals surface area contributed by atoms with Gasteiger partial charge in [0, 0.05) is 91.8 Å². The Bertz CT molecular complexity index is 8420. The van der Waals surface area contributed by atoms with Crippen LogP contribution in [0.3, 0.4) is 0 Å². The minimum Gasteiger partial charge on any atom is -0.456 e. The molecule has 0 aliphatic heterocycles. The molecule has 6 heterocycles. The number of benzene rings is 21. The van der Waals surface area contributed by atoms with E-state index in [-0.39, 0.29) is 0 Å². The van der Waals surface area contributed by atoms with Crippen molar-refractivity contribution in [1.29, 1.82) is 0 Å². The molecule has 0 aliphatic carbocycles. The van der Waals surface area contributed by atoms with Crippen molar-refractivity contribution in [3.8, 4) is 202 Å². The first-order chi connectivity index (χ1) is 72.7. The van der Waals surface area contributed by atoms with E-state index >= 15 is 0 Å². The van der Waals surface area contributed by atoms with Crippen molar-refractivity contribution in [2.24, 2.45) is 0 Å². The maximum Gasteiger partial charge on any atom is 0.160 e. The fourth-order valence-corrected chi connectivity index (χ4v) is 20.8. The molecule has 0 saturated heterocycles. The van der Waals surface area contributed by atoms with Crippen molar-refractivity contribution < 1.29 is 8.83 Å². The molecule has 27 rings (SSSR count). The van der Waals surface area contributed by atoms with Crippen LogP contribution in [0.1, 0.15) is 0 Å². The first kappa shape index (κ1) is 89.1. The number of aromatic nitrogens is 6. The zero-order valence-corrected chi connectivity index (χ0v) is 80.7. The average Bonchev–Trinajstić information content (AvgIpc) is 1.76. The summed E-state index contributed by atoms with van der Waals surface area (Å²) >= 11 is 1.83. The molecule has 9 heteroatoms. The summed E-state index contributed by atoms with van der Waals surface area (Å²) in [6.07, 6.45) is 0. The van der Waals surface area contributed by atoms with E-state index in [1.165, 1.54) is 98.1 Å². The Hall–Kier alpha value is -19.3. The molecule has 6 aromatic heterocycles. The van der Waals surface area contributed by atoms with E-state index in [9.17, 15) is 0 Å². The second-order valence-electron chi connectivity index (χ2n) is 36.7. The van der Waals surface area contributed by atoms with Gasteiger partial charge in [0.05, 0.1) is 34.2 Å². The molecule has 147 heavy (non-hydrogen) atoms. The van der Waals surface area contributed by atoms with Gasteiger partial charge in [0.15, 0.2) is 17.5 Å². The van der Waals surface area contributed by atoms with E-state index in [1.54, 1.807) is 0 Å². The van der Waals surface area contributed by atoms with Crippen LogP contribution in [0.4, 0.5) is 0 Å². The fraction of sp³-hybridized carbons (Fsp3) is 0. The van der Waals surface area contributed by atoms with E-state index in [0.717, 1.165) is 156 Å². The monoisotopic (exact) mass is 1890 g/mol. The van der Waals surface area contributed by atoms with Crippen LogP contribution >= 0.6 is 11.3 Å². The molecular weight excluding hydrogens is 1810 g/mol. The molecule has 690 valence electrons. The van der Waals surface area contributed by atoms with Gasteiger partial charge in [0.1, 0.15) is 22.3 Å². The highest BCUT2D eigenvalue weighted by molar-refractivity contribution is 7.25. The summed E-state index contributed by atoms with van der Waals surface area (Å²) in [5.41, 5.74) is 39.0. The summed E-state index contributed by atoms with van der Waals surface area (Å²) in [5.74, 6) is 2.08. The summed E-state index contributed by atoms with van der Waals surface area (Å²) in [4.78, 5) is 30.5. The number of para-hydroxylation sites is 2. The number of hydrogen-bond donors (Lipinski definition) is 0. The van der Waals surface area contributed by atoms with Crippen LogP contribution < -0.4 is 0 Å². The zero-order valence-electron chi connectivity index (χ0n) is 79.9. The van der Waals surface area contributed by atoms with Crippen LogP contribution in [0, 0.1) is 0 Å². The minimum atomic E-state index is 0.676. The topological polar surface area (TPSA) is 104 Å². The number of rotatable bonds is 18. The number of furan rings is 2. The zero-order chi connectivity index (χ0) is 97.7. The molecule has 0 fully saturated rings. The summed E-state index contributed by atoms with van der Waals surface area (Å²) in [7, 11) is 0. The molecule has 0 radical (unpaired) electrons. The van der Waals surface area contributed by atoms with Gasteiger partial charge in [-0.1, -0.05) is 425 Å². The number of fused-ring (bicyclic) bond motifs is 9. The lowest BCUT2D eigenvalue weighted by Crippen LogP contribution is -1.96. The second-order valence-corrected chi connectivity index (χ2v) is 37.8. The predicted octanol–water partition coefficient (Wildman–Crippen LogP) is 37.6. The molecule has 0 unspecified atom stereocenters. The molecule has 0 N–H and O–H groups in total. The van der Waals surface area contributed by atoms with E-state index in [4.69, 9.17) is 38.7 Å². The third-order valence-electron chi connectivity index (χ3n) is 27.3. The van der Waals surface area contributed by atoms with E-state index < -0.39 is 0 Å². The number of nitrogens with zero attached hydrogens (tertiary/aromatic N) is 6. The molecule has 0 atom stereocenters. The third kappa shape index (κ3) is 18.9. The van der Waals surface area contributed by atoms with Crippen molar-refractivity contribution in [2.45, 2.75) is 0 Å². The highest BCUT2D eigenvalue weighted by Gasteiger charge is 2.22. The van der Waals surface area contributed by atoms with E-state index in [1.807, 2.05) is 102 Å². The lowest BCUT2D eigenvalue weighted by atomic mass is 9.93. The quantitative estimate of drug-likeness (QED) is 0.0837. The summed E-state index contributed by atoms with van der Waals surface area (Å²) in [6, 6.07) is 191. The van der Waals surface area contributed by atoms with Crippen molar-refractivity contribution in [2.75, 3.05) is 0 Å². The molecule has 21 aromatic carbocycles. The standard InChI is InChI=1S/2C46H30N2O.C46H30N2S/c1-4-12-31(13-5-1)37-26-38(32-14-6-2-7-15-32)28-39(27-37)33-20-22-34(23-21-33)42-30-43(48-46(47-42)35-16-8-3-9-17-35)36-24-25-41-40-18-10-11-19-44(40)49-45(41)29-36;1-4-12-31(13-5-1)37-26-38(32-14-6-2-7-15-32)28-39(27-37)33-20-22-35(23-21-33)46-47-42(34-16-8-3-9-17-34)30-43(48-46)36-24-25-41-40-18-10-11-19-44(40)49-45(41)29-36;1-4-12-31(13-5-1)37-26-38(32-14-6-2-7-15-32)28-39(27-37)33-20-22-34(23-21-33)42-30-43(48-46(47-42)35-16-8-3-9-17-35)36-24-25-41-40-18-10-11-19-44(40)49-45(41)29-36/h3*1-30H. The maximum absolute atomic E-state index is 6.23. The van der Waals surface area contributed by atoms with Crippen molar-refractivity contribution >= 4 is 75.4 Å². The molecule has 0 spiro atoms. The Morgan fingerprint density at radius 2 is 0.306 bits per heavy atom. The Morgan fingerprint density at radius 3 is 0.612 bits per heavy atom. The van der Waals surface area contributed by atoms with Gasteiger partial charge >= 0.3 is 0 Å². The van der Waals surface area contributed by atoms with Gasteiger partial charge in [0.25, 0.3) is 0 Å². The molecule has 0 bridgehead atoms. The molecule has 0 amide bonds. The fourth-order valence-electron chi connectivity index (χ4n) is 19.7.